The number of fused-ring (bicyclic) bond motifs is 1. The molecule has 5 heteroatoms. The van der Waals surface area contributed by atoms with Gasteiger partial charge in [-0.1, -0.05) is 6.07 Å². The lowest BCUT2D eigenvalue weighted by atomic mass is 10.2. The van der Waals surface area contributed by atoms with Crippen LogP contribution in [0.15, 0.2) is 51.9 Å². The first kappa shape index (κ1) is 13.6. The minimum Gasteiger partial charge on any atom is -0.463 e. The van der Waals surface area contributed by atoms with Crippen LogP contribution in [-0.4, -0.2) is 9.38 Å². The molecule has 0 amide bonds. The summed E-state index contributed by atoms with van der Waals surface area (Å²) in [5.74, 6) is 0.920. The van der Waals surface area contributed by atoms with Gasteiger partial charge in [-0.05, 0) is 38.1 Å². The molecule has 0 aliphatic carbocycles. The smallest absolute Gasteiger partial charge is 0.258 e. The van der Waals surface area contributed by atoms with Crippen molar-refractivity contribution in [1.82, 2.24) is 9.38 Å². The molecule has 0 fully saturated rings. The van der Waals surface area contributed by atoms with Gasteiger partial charge in [0.15, 0.2) is 5.76 Å². The molecule has 0 bridgehead atoms. The van der Waals surface area contributed by atoms with E-state index in [1.165, 1.54) is 0 Å². The van der Waals surface area contributed by atoms with Crippen LogP contribution >= 0.6 is 0 Å². The second-order valence-electron chi connectivity index (χ2n) is 5.19. The van der Waals surface area contributed by atoms with Crippen LogP contribution < -0.4 is 10.9 Å². The van der Waals surface area contributed by atoms with E-state index >= 15 is 0 Å². The van der Waals surface area contributed by atoms with Crippen molar-refractivity contribution in [3.63, 3.8) is 0 Å². The molecule has 3 rings (SSSR count). The van der Waals surface area contributed by atoms with Gasteiger partial charge in [0, 0.05) is 11.8 Å². The third-order valence-corrected chi connectivity index (χ3v) is 3.61. The molecule has 3 aromatic heterocycles. The molecule has 108 valence electrons. The minimum atomic E-state index is -0.0350. The lowest BCUT2D eigenvalue weighted by Crippen LogP contribution is -2.83. The zero-order chi connectivity index (χ0) is 14.8. The van der Waals surface area contributed by atoms with Gasteiger partial charge in [-0.25, -0.2) is 4.98 Å². The van der Waals surface area contributed by atoms with E-state index < -0.39 is 0 Å². The first-order valence-corrected chi connectivity index (χ1v) is 7.00. The Balaban J connectivity index is 1.84. The number of hydrogen-bond acceptors (Lipinski definition) is 3. The third kappa shape index (κ3) is 2.73. The molecule has 0 aromatic carbocycles. The van der Waals surface area contributed by atoms with Gasteiger partial charge in [-0.3, -0.25) is 9.20 Å². The summed E-state index contributed by atoms with van der Waals surface area (Å²) in [4.78, 5) is 16.7. The number of rotatable bonds is 4. The van der Waals surface area contributed by atoms with Crippen LogP contribution in [0.3, 0.4) is 0 Å². The van der Waals surface area contributed by atoms with Crippen LogP contribution in [0.5, 0.6) is 0 Å². The van der Waals surface area contributed by atoms with Crippen molar-refractivity contribution in [3.05, 3.63) is 70.2 Å². The zero-order valence-corrected chi connectivity index (χ0v) is 12.1. The standard InChI is InChI=1S/C16H17N3O2/c1-11-5-3-7-15-18-13(9-16(20)19(11)15)10-17-12(2)14-6-4-8-21-14/h3-9,12,17H,10H2,1-2H3/p+1/t12-/m0/s1. The Morgan fingerprint density at radius 1 is 1.33 bits per heavy atom. The maximum absolute atomic E-state index is 12.2. The number of furan rings is 1. The van der Waals surface area contributed by atoms with Crippen LogP contribution in [0.1, 0.15) is 30.1 Å². The van der Waals surface area contributed by atoms with E-state index in [0.717, 1.165) is 17.1 Å². The number of hydrogen-bond donors (Lipinski definition) is 1. The number of aromatic nitrogens is 2. The number of quaternary nitrogens is 1. The van der Waals surface area contributed by atoms with Crippen molar-refractivity contribution in [2.75, 3.05) is 0 Å². The fourth-order valence-electron chi connectivity index (χ4n) is 2.43. The van der Waals surface area contributed by atoms with Crippen molar-refractivity contribution in [2.24, 2.45) is 0 Å². The largest absolute Gasteiger partial charge is 0.463 e. The van der Waals surface area contributed by atoms with Crippen molar-refractivity contribution in [2.45, 2.75) is 26.4 Å². The fraction of sp³-hybridized carbons (Fsp3) is 0.250. The first-order valence-electron chi connectivity index (χ1n) is 7.00. The Morgan fingerprint density at radius 3 is 2.95 bits per heavy atom. The Bertz CT molecular complexity index is 806. The second kappa shape index (κ2) is 5.54. The molecule has 3 aromatic rings. The predicted octanol–water partition coefficient (Wildman–Crippen LogP) is 1.42. The molecule has 0 unspecified atom stereocenters. The van der Waals surface area contributed by atoms with E-state index in [-0.39, 0.29) is 11.6 Å². The second-order valence-corrected chi connectivity index (χ2v) is 5.19. The molecule has 0 aliphatic heterocycles. The predicted molar refractivity (Wildman–Crippen MR) is 79.0 cm³/mol. The molecule has 0 saturated heterocycles. The summed E-state index contributed by atoms with van der Waals surface area (Å²) in [6.45, 7) is 4.61. The van der Waals surface area contributed by atoms with Crippen molar-refractivity contribution >= 4 is 5.65 Å². The fourth-order valence-corrected chi connectivity index (χ4v) is 2.43. The summed E-state index contributed by atoms with van der Waals surface area (Å²) in [6.07, 6.45) is 1.67. The molecular weight excluding hydrogens is 266 g/mol. The quantitative estimate of drug-likeness (QED) is 0.788. The van der Waals surface area contributed by atoms with Crippen molar-refractivity contribution in [1.29, 1.82) is 0 Å². The molecular formula is C16H18N3O2+. The van der Waals surface area contributed by atoms with Crippen LogP contribution in [0.2, 0.25) is 0 Å². The van der Waals surface area contributed by atoms with Crippen LogP contribution in [-0.2, 0) is 6.54 Å². The topological polar surface area (TPSA) is 64.1 Å². The Kier molecular flexibility index (Phi) is 3.58. The zero-order valence-electron chi connectivity index (χ0n) is 12.1. The SMILES string of the molecule is Cc1cccc2nc(C[NH2+][C@@H](C)c3ccco3)cc(=O)n12. The average molecular weight is 284 g/mol. The highest BCUT2D eigenvalue weighted by Crippen LogP contribution is 2.08. The van der Waals surface area contributed by atoms with E-state index in [9.17, 15) is 4.79 Å². The van der Waals surface area contributed by atoms with Gasteiger partial charge in [-0.2, -0.15) is 0 Å². The normalized spacial score (nSPS) is 12.7. The number of pyridine rings is 1. The van der Waals surface area contributed by atoms with Crippen molar-refractivity contribution in [3.8, 4) is 0 Å². The van der Waals surface area contributed by atoms with Crippen LogP contribution in [0, 0.1) is 6.92 Å². The van der Waals surface area contributed by atoms with Crippen LogP contribution in [0.25, 0.3) is 5.65 Å². The summed E-state index contributed by atoms with van der Waals surface area (Å²) in [5, 5.41) is 2.10. The Morgan fingerprint density at radius 2 is 2.19 bits per heavy atom. The van der Waals surface area contributed by atoms with E-state index in [1.54, 1.807) is 16.7 Å². The molecule has 0 radical (unpaired) electrons. The number of aryl methyl sites for hydroxylation is 1. The molecule has 5 nitrogen and oxygen atoms in total. The number of nitrogens with zero attached hydrogens (tertiary/aromatic N) is 2. The minimum absolute atomic E-state index is 0.0350. The van der Waals surface area contributed by atoms with Gasteiger partial charge in [0.1, 0.15) is 23.9 Å². The highest BCUT2D eigenvalue weighted by molar-refractivity contribution is 5.40. The Hall–Kier alpha value is -2.40. The lowest BCUT2D eigenvalue weighted by molar-refractivity contribution is -0.710. The summed E-state index contributed by atoms with van der Waals surface area (Å²) in [5.41, 5.74) is 2.33. The van der Waals surface area contributed by atoms with Gasteiger partial charge in [0.05, 0.1) is 6.26 Å². The van der Waals surface area contributed by atoms with E-state index in [0.29, 0.717) is 12.2 Å². The third-order valence-electron chi connectivity index (χ3n) is 3.61. The van der Waals surface area contributed by atoms with Gasteiger partial charge in [0.2, 0.25) is 0 Å². The van der Waals surface area contributed by atoms with Crippen LogP contribution in [0.4, 0.5) is 0 Å². The molecule has 21 heavy (non-hydrogen) atoms. The molecule has 0 spiro atoms. The maximum atomic E-state index is 12.2. The monoisotopic (exact) mass is 284 g/mol. The number of nitrogens with two attached hydrogens (primary N) is 1. The van der Waals surface area contributed by atoms with Gasteiger partial charge in [-0.15, -0.1) is 0 Å². The Labute approximate surface area is 122 Å². The van der Waals surface area contributed by atoms with E-state index in [4.69, 9.17) is 4.42 Å². The maximum Gasteiger partial charge on any atom is 0.258 e. The lowest BCUT2D eigenvalue weighted by Gasteiger charge is -2.09. The van der Waals surface area contributed by atoms with E-state index in [1.807, 2.05) is 37.3 Å². The average Bonchev–Trinajstić information content (AvgIpc) is 2.98. The highest BCUT2D eigenvalue weighted by atomic mass is 16.3. The highest BCUT2D eigenvalue weighted by Gasteiger charge is 2.12. The molecule has 2 N–H and O–H groups in total. The molecule has 3 heterocycles. The van der Waals surface area contributed by atoms with Gasteiger partial charge >= 0.3 is 0 Å². The summed E-state index contributed by atoms with van der Waals surface area (Å²) >= 11 is 0. The summed E-state index contributed by atoms with van der Waals surface area (Å²) in [6, 6.07) is 11.3. The molecule has 1 atom stereocenters. The van der Waals surface area contributed by atoms with Gasteiger partial charge < -0.3 is 9.73 Å². The van der Waals surface area contributed by atoms with E-state index in [2.05, 4.69) is 17.2 Å². The van der Waals surface area contributed by atoms with Crippen molar-refractivity contribution < 1.29 is 9.73 Å². The molecule has 0 saturated carbocycles. The summed E-state index contributed by atoms with van der Waals surface area (Å²) < 4.78 is 7.00. The van der Waals surface area contributed by atoms with Gasteiger partial charge in [0.25, 0.3) is 5.56 Å². The summed E-state index contributed by atoms with van der Waals surface area (Å²) in [7, 11) is 0. The molecule has 0 aliphatic rings. The first-order chi connectivity index (χ1) is 10.1.